The first kappa shape index (κ1) is 8.53. The summed E-state index contributed by atoms with van der Waals surface area (Å²) in [5.74, 6) is -2.61. The Morgan fingerprint density at radius 3 is 2.44 bits per heavy atom. The van der Waals surface area contributed by atoms with Crippen LogP contribution in [0.3, 0.4) is 0 Å². The second-order valence-electron chi connectivity index (χ2n) is 2.13. The zero-order valence-corrected chi connectivity index (χ0v) is 5.36. The van der Waals surface area contributed by atoms with E-state index in [0.29, 0.717) is 6.29 Å². The molecule has 0 aromatic rings. The molecule has 0 N–H and O–H groups in total. The van der Waals surface area contributed by atoms with E-state index >= 15 is 0 Å². The Morgan fingerprint density at radius 2 is 2.11 bits per heavy atom. The van der Waals surface area contributed by atoms with Crippen molar-refractivity contribution in [2.24, 2.45) is 0 Å². The number of alkyl halides is 2. The Labute approximate surface area is 53.1 Å². The second kappa shape index (κ2) is 3.54. The smallest absolute Gasteiger partial charge is 0.245 e. The summed E-state index contributed by atoms with van der Waals surface area (Å²) in [4.78, 5) is 9.65. The highest BCUT2D eigenvalue weighted by molar-refractivity contribution is 5.48. The summed E-state index contributed by atoms with van der Waals surface area (Å²) in [6, 6.07) is 0. The van der Waals surface area contributed by atoms with Crippen molar-refractivity contribution in [3.8, 4) is 0 Å². The van der Waals surface area contributed by atoms with Crippen molar-refractivity contribution >= 4 is 6.29 Å². The number of rotatable bonds is 4. The van der Waals surface area contributed by atoms with Crippen LogP contribution in [0.5, 0.6) is 0 Å². The molecule has 0 heterocycles. The monoisotopic (exact) mass is 136 g/mol. The lowest BCUT2D eigenvalue weighted by Crippen LogP contribution is -2.08. The maximum absolute atomic E-state index is 11.9. The third-order valence-electron chi connectivity index (χ3n) is 0.938. The van der Waals surface area contributed by atoms with E-state index in [1.807, 2.05) is 0 Å². The summed E-state index contributed by atoms with van der Waals surface area (Å²) in [5, 5.41) is 0. The Balaban J connectivity index is 3.17. The third kappa shape index (κ3) is 7.53. The maximum Gasteiger partial charge on any atom is 0.245 e. The number of hydrogen-bond donors (Lipinski definition) is 0. The van der Waals surface area contributed by atoms with E-state index in [2.05, 4.69) is 0 Å². The van der Waals surface area contributed by atoms with Crippen LogP contribution in [-0.4, -0.2) is 12.2 Å². The number of carbonyl (C=O) groups excluding carboxylic acids is 1. The van der Waals surface area contributed by atoms with E-state index in [0.717, 1.165) is 6.92 Å². The van der Waals surface area contributed by atoms with Crippen LogP contribution in [0.2, 0.25) is 0 Å². The summed E-state index contributed by atoms with van der Waals surface area (Å²) in [5.41, 5.74) is 0. The molecule has 0 amide bonds. The molecule has 3 heteroatoms. The largest absolute Gasteiger partial charge is 0.303 e. The quantitative estimate of drug-likeness (QED) is 0.426. The Morgan fingerprint density at radius 1 is 1.56 bits per heavy atom. The van der Waals surface area contributed by atoms with Gasteiger partial charge in [-0.3, -0.25) is 0 Å². The van der Waals surface area contributed by atoms with Crippen LogP contribution in [0, 0.1) is 0 Å². The molecule has 0 aromatic carbocycles. The van der Waals surface area contributed by atoms with Crippen molar-refractivity contribution in [2.75, 3.05) is 0 Å². The van der Waals surface area contributed by atoms with Gasteiger partial charge in [0.1, 0.15) is 6.29 Å². The van der Waals surface area contributed by atoms with Crippen molar-refractivity contribution < 1.29 is 13.6 Å². The van der Waals surface area contributed by atoms with Crippen molar-refractivity contribution in [3.63, 3.8) is 0 Å². The lowest BCUT2D eigenvalue weighted by Gasteiger charge is -2.06. The molecular weight excluding hydrogens is 126 g/mol. The molecule has 0 atom stereocenters. The van der Waals surface area contributed by atoms with Gasteiger partial charge in [-0.25, -0.2) is 8.78 Å². The summed E-state index contributed by atoms with van der Waals surface area (Å²) in [6.45, 7) is 0.859. The molecule has 9 heavy (non-hydrogen) atoms. The van der Waals surface area contributed by atoms with Crippen LogP contribution in [0.25, 0.3) is 0 Å². The minimum atomic E-state index is -2.61. The average Bonchev–Trinajstić information content (AvgIpc) is 1.63. The Hall–Kier alpha value is -0.470. The standard InChI is InChI=1S/C6H10F2O/c1-6(7,8)4-2-3-5-9/h5H,2-4H2,1H3. The van der Waals surface area contributed by atoms with E-state index < -0.39 is 5.92 Å². The fraction of sp³-hybridized carbons (Fsp3) is 0.833. The minimum Gasteiger partial charge on any atom is -0.303 e. The molecule has 54 valence electrons. The van der Waals surface area contributed by atoms with E-state index in [1.54, 1.807) is 0 Å². The third-order valence-corrected chi connectivity index (χ3v) is 0.938. The maximum atomic E-state index is 11.9. The zero-order valence-electron chi connectivity index (χ0n) is 5.36. The minimum absolute atomic E-state index is 0.189. The molecule has 0 spiro atoms. The molecule has 0 bridgehead atoms. The molecule has 0 saturated heterocycles. The summed E-state index contributed by atoms with van der Waals surface area (Å²) < 4.78 is 23.9. The van der Waals surface area contributed by atoms with E-state index in [1.165, 1.54) is 0 Å². The van der Waals surface area contributed by atoms with Crippen LogP contribution < -0.4 is 0 Å². The van der Waals surface area contributed by atoms with Gasteiger partial charge in [0.25, 0.3) is 0 Å². The van der Waals surface area contributed by atoms with Gasteiger partial charge in [0.15, 0.2) is 0 Å². The predicted molar refractivity (Wildman–Crippen MR) is 30.5 cm³/mol. The molecule has 1 nitrogen and oxygen atoms in total. The highest BCUT2D eigenvalue weighted by Crippen LogP contribution is 2.18. The van der Waals surface area contributed by atoms with Gasteiger partial charge in [-0.05, 0) is 13.3 Å². The SMILES string of the molecule is CC(F)(F)CCCC=O. The lowest BCUT2D eigenvalue weighted by molar-refractivity contribution is -0.108. The van der Waals surface area contributed by atoms with Gasteiger partial charge in [0.2, 0.25) is 5.92 Å². The number of unbranched alkanes of at least 4 members (excludes halogenated alkanes) is 1. The molecule has 0 unspecified atom stereocenters. The van der Waals surface area contributed by atoms with Gasteiger partial charge in [0.05, 0.1) is 0 Å². The van der Waals surface area contributed by atoms with Crippen LogP contribution in [0.15, 0.2) is 0 Å². The highest BCUT2D eigenvalue weighted by atomic mass is 19.3. The lowest BCUT2D eigenvalue weighted by atomic mass is 10.2. The number of halogens is 2. The molecule has 0 aliphatic heterocycles. The van der Waals surface area contributed by atoms with E-state index in [-0.39, 0.29) is 19.3 Å². The highest BCUT2D eigenvalue weighted by Gasteiger charge is 2.19. The van der Waals surface area contributed by atoms with Crippen LogP contribution in [-0.2, 0) is 4.79 Å². The predicted octanol–water partition coefficient (Wildman–Crippen LogP) is 2.01. The van der Waals surface area contributed by atoms with Crippen molar-refractivity contribution in [3.05, 3.63) is 0 Å². The molecule has 0 aromatic heterocycles. The topological polar surface area (TPSA) is 17.1 Å². The van der Waals surface area contributed by atoms with Gasteiger partial charge in [0, 0.05) is 12.8 Å². The van der Waals surface area contributed by atoms with E-state index in [4.69, 9.17) is 0 Å². The molecule has 0 fully saturated rings. The van der Waals surface area contributed by atoms with Gasteiger partial charge >= 0.3 is 0 Å². The number of carbonyl (C=O) groups is 1. The van der Waals surface area contributed by atoms with Crippen LogP contribution >= 0.6 is 0 Å². The van der Waals surface area contributed by atoms with Crippen molar-refractivity contribution in [2.45, 2.75) is 32.1 Å². The van der Waals surface area contributed by atoms with Crippen LogP contribution in [0.4, 0.5) is 8.78 Å². The van der Waals surface area contributed by atoms with Gasteiger partial charge in [-0.2, -0.15) is 0 Å². The number of hydrogen-bond acceptors (Lipinski definition) is 1. The fourth-order valence-electron chi connectivity index (χ4n) is 0.496. The normalized spacial score (nSPS) is 11.4. The molecular formula is C6H10F2O. The molecule has 0 aliphatic rings. The van der Waals surface area contributed by atoms with Gasteiger partial charge in [-0.1, -0.05) is 0 Å². The second-order valence-corrected chi connectivity index (χ2v) is 2.13. The molecule has 0 radical (unpaired) electrons. The van der Waals surface area contributed by atoms with Crippen molar-refractivity contribution in [1.82, 2.24) is 0 Å². The summed E-state index contributed by atoms with van der Waals surface area (Å²) >= 11 is 0. The number of aldehydes is 1. The molecule has 0 aliphatic carbocycles. The Kier molecular flexibility index (Phi) is 3.35. The molecule has 0 rings (SSSR count). The average molecular weight is 136 g/mol. The first-order chi connectivity index (χ1) is 4.06. The van der Waals surface area contributed by atoms with E-state index in [9.17, 15) is 13.6 Å². The van der Waals surface area contributed by atoms with Gasteiger partial charge < -0.3 is 4.79 Å². The van der Waals surface area contributed by atoms with Gasteiger partial charge in [-0.15, -0.1) is 0 Å². The molecule has 0 saturated carbocycles. The van der Waals surface area contributed by atoms with Crippen LogP contribution in [0.1, 0.15) is 26.2 Å². The summed E-state index contributed by atoms with van der Waals surface area (Å²) in [6.07, 6.45) is 0.994. The zero-order chi connectivity index (χ0) is 7.33. The first-order valence-corrected chi connectivity index (χ1v) is 2.88. The first-order valence-electron chi connectivity index (χ1n) is 2.88. The fourth-order valence-corrected chi connectivity index (χ4v) is 0.496. The Bertz CT molecular complexity index is 85.5. The van der Waals surface area contributed by atoms with Crippen molar-refractivity contribution in [1.29, 1.82) is 0 Å². The summed E-state index contributed by atoms with van der Waals surface area (Å²) in [7, 11) is 0.